The third-order valence-electron chi connectivity index (χ3n) is 3.94. The molecular weight excluding hydrogens is 326 g/mol. The lowest BCUT2D eigenvalue weighted by Gasteiger charge is -2.21. The minimum Gasteiger partial charge on any atom is -0.497 e. The van der Waals surface area contributed by atoms with Gasteiger partial charge in [-0.2, -0.15) is 0 Å². The Morgan fingerprint density at radius 1 is 1.21 bits per heavy atom. The van der Waals surface area contributed by atoms with E-state index in [-0.39, 0.29) is 12.5 Å². The van der Waals surface area contributed by atoms with E-state index in [4.69, 9.17) is 16.3 Å². The van der Waals surface area contributed by atoms with Gasteiger partial charge >= 0.3 is 0 Å². The summed E-state index contributed by atoms with van der Waals surface area (Å²) in [6.45, 7) is 0.244. The molecule has 5 heteroatoms. The number of methoxy groups -OCH3 is 1. The first-order valence-corrected chi connectivity index (χ1v) is 8.18. The monoisotopic (exact) mass is 347 g/mol. The number of aryl methyl sites for hydroxylation is 1. The summed E-state index contributed by atoms with van der Waals surface area (Å²) in [6, 6.07) is 14.7. The molecule has 24 heavy (non-hydrogen) atoms. The van der Waals surface area contributed by atoms with Gasteiger partial charge < -0.3 is 14.7 Å². The number of carbonyl (C=O) groups excluding carboxylic acids is 1. The van der Waals surface area contributed by atoms with Crippen LogP contribution in [0.4, 0.5) is 0 Å². The summed E-state index contributed by atoms with van der Waals surface area (Å²) in [7, 11) is 3.29. The van der Waals surface area contributed by atoms with Crippen LogP contribution in [0.3, 0.4) is 0 Å². The van der Waals surface area contributed by atoms with Gasteiger partial charge in [0, 0.05) is 18.5 Å². The summed E-state index contributed by atoms with van der Waals surface area (Å²) in [4.78, 5) is 13.8. The fraction of sp³-hybridized carbons (Fsp3) is 0.316. The number of benzene rings is 2. The van der Waals surface area contributed by atoms with Gasteiger partial charge in [0.05, 0.1) is 19.8 Å². The first-order valence-electron chi connectivity index (χ1n) is 7.80. The van der Waals surface area contributed by atoms with Gasteiger partial charge in [0.15, 0.2) is 0 Å². The second kappa shape index (κ2) is 8.71. The number of aliphatic hydroxyl groups is 1. The highest BCUT2D eigenvalue weighted by molar-refractivity contribution is 6.31. The minimum absolute atomic E-state index is 0.0255. The molecule has 4 nitrogen and oxygen atoms in total. The zero-order valence-corrected chi connectivity index (χ0v) is 14.7. The minimum atomic E-state index is -0.731. The molecule has 0 saturated carbocycles. The van der Waals surface area contributed by atoms with E-state index < -0.39 is 6.10 Å². The van der Waals surface area contributed by atoms with Crippen LogP contribution < -0.4 is 4.74 Å². The van der Waals surface area contributed by atoms with E-state index in [0.29, 0.717) is 17.9 Å². The van der Waals surface area contributed by atoms with Crippen molar-refractivity contribution >= 4 is 17.5 Å². The molecule has 0 radical (unpaired) electrons. The van der Waals surface area contributed by atoms with Gasteiger partial charge in [0.2, 0.25) is 5.91 Å². The SMILES string of the molecule is COc1ccc(C(O)CN(C)C(=O)CCc2ccccc2Cl)cc1. The predicted octanol–water partition coefficient (Wildman–Crippen LogP) is 3.47. The third-order valence-corrected chi connectivity index (χ3v) is 4.31. The highest BCUT2D eigenvalue weighted by Gasteiger charge is 2.15. The van der Waals surface area contributed by atoms with Crippen LogP contribution in [0.1, 0.15) is 23.7 Å². The fourth-order valence-corrected chi connectivity index (χ4v) is 2.66. The molecule has 0 aliphatic heterocycles. The normalized spacial score (nSPS) is 11.8. The quantitative estimate of drug-likeness (QED) is 0.834. The Bertz CT molecular complexity index is 673. The van der Waals surface area contributed by atoms with E-state index in [0.717, 1.165) is 16.9 Å². The Hall–Kier alpha value is -2.04. The Morgan fingerprint density at radius 2 is 1.88 bits per heavy atom. The van der Waals surface area contributed by atoms with Crippen LogP contribution in [0.2, 0.25) is 5.02 Å². The summed E-state index contributed by atoms with van der Waals surface area (Å²) in [5.74, 6) is 0.706. The molecule has 0 saturated heterocycles. The smallest absolute Gasteiger partial charge is 0.222 e. The lowest BCUT2D eigenvalue weighted by molar-refractivity contribution is -0.131. The van der Waals surface area contributed by atoms with Gasteiger partial charge in [0.25, 0.3) is 0 Å². The molecular formula is C19H22ClNO3. The molecule has 1 amide bonds. The number of halogens is 1. The molecule has 128 valence electrons. The van der Waals surface area contributed by atoms with Crippen molar-refractivity contribution in [1.82, 2.24) is 4.90 Å². The number of nitrogens with zero attached hydrogens (tertiary/aromatic N) is 1. The maximum absolute atomic E-state index is 12.2. The van der Waals surface area contributed by atoms with Crippen LogP contribution in [0.25, 0.3) is 0 Å². The van der Waals surface area contributed by atoms with Crippen LogP contribution in [0.5, 0.6) is 5.75 Å². The number of rotatable bonds is 7. The summed E-state index contributed by atoms with van der Waals surface area (Å²) >= 11 is 6.10. The van der Waals surface area contributed by atoms with Crippen LogP contribution in [0, 0.1) is 0 Å². The van der Waals surface area contributed by atoms with Crippen molar-refractivity contribution in [2.24, 2.45) is 0 Å². The van der Waals surface area contributed by atoms with Crippen LogP contribution >= 0.6 is 11.6 Å². The fourth-order valence-electron chi connectivity index (χ4n) is 2.43. The zero-order valence-electron chi connectivity index (χ0n) is 13.9. The lowest BCUT2D eigenvalue weighted by Crippen LogP contribution is -2.31. The van der Waals surface area contributed by atoms with Gasteiger partial charge in [-0.05, 0) is 35.7 Å². The topological polar surface area (TPSA) is 49.8 Å². The maximum atomic E-state index is 12.2. The molecule has 2 aromatic rings. The maximum Gasteiger partial charge on any atom is 0.222 e. The molecule has 0 fully saturated rings. The predicted molar refractivity (Wildman–Crippen MR) is 95.4 cm³/mol. The lowest BCUT2D eigenvalue weighted by atomic mass is 10.1. The van der Waals surface area contributed by atoms with Gasteiger partial charge in [-0.15, -0.1) is 0 Å². The zero-order chi connectivity index (χ0) is 17.5. The molecule has 2 rings (SSSR count). The van der Waals surface area contributed by atoms with Gasteiger partial charge in [0.1, 0.15) is 5.75 Å². The van der Waals surface area contributed by atoms with E-state index >= 15 is 0 Å². The van der Waals surface area contributed by atoms with Crippen LogP contribution in [0.15, 0.2) is 48.5 Å². The van der Waals surface area contributed by atoms with Crippen molar-refractivity contribution in [1.29, 1.82) is 0 Å². The largest absolute Gasteiger partial charge is 0.497 e. The number of hydrogen-bond acceptors (Lipinski definition) is 3. The average molecular weight is 348 g/mol. The highest BCUT2D eigenvalue weighted by atomic mass is 35.5. The molecule has 0 aliphatic rings. The van der Waals surface area contributed by atoms with Crippen molar-refractivity contribution in [2.45, 2.75) is 18.9 Å². The highest BCUT2D eigenvalue weighted by Crippen LogP contribution is 2.19. The van der Waals surface area contributed by atoms with Crippen molar-refractivity contribution in [2.75, 3.05) is 20.7 Å². The Morgan fingerprint density at radius 3 is 2.50 bits per heavy atom. The molecule has 2 aromatic carbocycles. The van der Waals surface area contributed by atoms with Crippen LogP contribution in [-0.2, 0) is 11.2 Å². The first-order chi connectivity index (χ1) is 11.5. The Labute approximate surface area is 147 Å². The van der Waals surface area contributed by atoms with E-state index in [2.05, 4.69) is 0 Å². The van der Waals surface area contributed by atoms with Gasteiger partial charge in [-0.3, -0.25) is 4.79 Å². The number of carbonyl (C=O) groups is 1. The third kappa shape index (κ3) is 4.98. The molecule has 0 spiro atoms. The molecule has 0 heterocycles. The summed E-state index contributed by atoms with van der Waals surface area (Å²) in [5, 5.41) is 10.9. The standard InChI is InChI=1S/C19H22ClNO3/c1-21(13-18(22)15-7-10-16(24-2)11-8-15)19(23)12-9-14-5-3-4-6-17(14)20/h3-8,10-11,18,22H,9,12-13H2,1-2H3. The molecule has 0 bridgehead atoms. The Balaban J connectivity index is 1.87. The summed E-state index contributed by atoms with van der Waals surface area (Å²) in [5.41, 5.74) is 1.71. The molecule has 0 aliphatic carbocycles. The van der Waals surface area contributed by atoms with E-state index in [1.807, 2.05) is 24.3 Å². The number of likely N-dealkylation sites (N-methyl/N-ethyl adjacent to an activating group) is 1. The number of hydrogen-bond donors (Lipinski definition) is 1. The van der Waals surface area contributed by atoms with Crippen molar-refractivity contribution in [3.8, 4) is 5.75 Å². The van der Waals surface area contributed by atoms with Gasteiger partial charge in [-0.25, -0.2) is 0 Å². The van der Waals surface area contributed by atoms with Crippen LogP contribution in [-0.4, -0.2) is 36.6 Å². The number of amides is 1. The van der Waals surface area contributed by atoms with E-state index in [9.17, 15) is 9.90 Å². The molecule has 0 aromatic heterocycles. The number of aliphatic hydroxyl groups excluding tert-OH is 1. The molecule has 1 N–H and O–H groups in total. The first kappa shape index (κ1) is 18.3. The van der Waals surface area contributed by atoms with Gasteiger partial charge in [-0.1, -0.05) is 41.9 Å². The van der Waals surface area contributed by atoms with Crippen molar-refractivity contribution in [3.63, 3.8) is 0 Å². The summed E-state index contributed by atoms with van der Waals surface area (Å²) in [6.07, 6.45) is 0.210. The molecule has 1 atom stereocenters. The van der Waals surface area contributed by atoms with E-state index in [1.165, 1.54) is 0 Å². The van der Waals surface area contributed by atoms with Crippen molar-refractivity contribution < 1.29 is 14.6 Å². The number of ether oxygens (including phenoxy) is 1. The second-order valence-corrected chi connectivity index (χ2v) is 6.06. The summed E-state index contributed by atoms with van der Waals surface area (Å²) < 4.78 is 5.09. The van der Waals surface area contributed by atoms with E-state index in [1.54, 1.807) is 43.3 Å². The average Bonchev–Trinajstić information content (AvgIpc) is 2.60. The molecule has 1 unspecified atom stereocenters. The van der Waals surface area contributed by atoms with Crippen molar-refractivity contribution in [3.05, 3.63) is 64.7 Å². The Kier molecular flexibility index (Phi) is 6.64. The second-order valence-electron chi connectivity index (χ2n) is 5.65.